The number of carbonyl (C=O) groups is 4. The number of aryl methyl sites for hydroxylation is 2. The number of aromatic nitrogens is 3. The average Bonchev–Trinajstić information content (AvgIpc) is 3.99. The number of rotatable bonds is 32. The smallest absolute Gasteiger partial charge is 0.246 e. The van der Waals surface area contributed by atoms with Crippen LogP contribution >= 0.6 is 11.3 Å². The van der Waals surface area contributed by atoms with Gasteiger partial charge in [-0.2, -0.15) is 4.98 Å². The van der Waals surface area contributed by atoms with Crippen LogP contribution in [-0.2, 0) is 46.4 Å². The first kappa shape index (κ1) is 57.7. The molecule has 4 atom stereocenters. The number of anilines is 3. The van der Waals surface area contributed by atoms with Gasteiger partial charge in [-0.25, -0.2) is 9.97 Å². The highest BCUT2D eigenvalue weighted by Crippen LogP contribution is 2.37. The largest absolute Gasteiger partial charge is 0.493 e. The molecular formula is C56H80N8O9S. The molecule has 0 bridgehead atoms. The molecule has 5 N–H and O–H groups in total. The first-order valence-electron chi connectivity index (χ1n) is 26.6. The van der Waals surface area contributed by atoms with Gasteiger partial charge >= 0.3 is 0 Å². The van der Waals surface area contributed by atoms with E-state index < -0.39 is 35.3 Å². The van der Waals surface area contributed by atoms with Crippen molar-refractivity contribution in [1.82, 2.24) is 30.5 Å². The highest BCUT2D eigenvalue weighted by molar-refractivity contribution is 7.13. The highest BCUT2D eigenvalue weighted by atomic mass is 32.1. The van der Waals surface area contributed by atoms with Crippen LogP contribution in [0.5, 0.6) is 5.75 Å². The summed E-state index contributed by atoms with van der Waals surface area (Å²) in [5, 5.41) is 23.2. The van der Waals surface area contributed by atoms with Gasteiger partial charge in [-0.15, -0.1) is 11.3 Å². The maximum absolute atomic E-state index is 14.0. The number of benzene rings is 2. The lowest BCUT2D eigenvalue weighted by molar-refractivity contribution is -0.138. The van der Waals surface area contributed by atoms with Crippen LogP contribution in [0.1, 0.15) is 109 Å². The number of amides is 3. The number of hydrogen-bond acceptors (Lipinski definition) is 15. The molecule has 4 aromatic rings. The van der Waals surface area contributed by atoms with Crippen LogP contribution in [-0.4, -0.2) is 127 Å². The molecule has 17 nitrogen and oxygen atoms in total. The number of nitrogens with one attached hydrogen (secondary N) is 4. The van der Waals surface area contributed by atoms with E-state index in [-0.39, 0.29) is 43.0 Å². The van der Waals surface area contributed by atoms with Crippen molar-refractivity contribution in [3.05, 3.63) is 77.1 Å². The van der Waals surface area contributed by atoms with Crippen molar-refractivity contribution < 1.29 is 43.2 Å². The van der Waals surface area contributed by atoms with Gasteiger partial charge < -0.3 is 50.2 Å². The number of nitrogens with zero attached hydrogens (tertiary/aromatic N) is 4. The van der Waals surface area contributed by atoms with Gasteiger partial charge in [0.15, 0.2) is 5.78 Å². The SMILES string of the molecule is CCc1cnc(Nc2cccc(OCCCOCCCCOCCCOCC(=O)NC(C(=O)C3C[C@H](O)C[C@H]3C(=O)NCc3ccc(-c4scnc4C)cc3)C(C)(C)C)c2)nc1NCCCN(C)C(=O)C1CCC1. The van der Waals surface area contributed by atoms with Gasteiger partial charge in [0.2, 0.25) is 23.7 Å². The van der Waals surface area contributed by atoms with Crippen molar-refractivity contribution in [3.63, 3.8) is 0 Å². The average molecular weight is 1040 g/mol. The number of aliphatic hydroxyl groups is 1. The molecule has 2 fully saturated rings. The zero-order valence-electron chi connectivity index (χ0n) is 44.4. The fourth-order valence-corrected chi connectivity index (χ4v) is 9.89. The molecular weight excluding hydrogens is 961 g/mol. The second-order valence-electron chi connectivity index (χ2n) is 20.6. The van der Waals surface area contributed by atoms with Crippen LogP contribution in [0.3, 0.4) is 0 Å². The van der Waals surface area contributed by atoms with E-state index in [0.717, 1.165) is 95.9 Å². The molecule has 0 aliphatic heterocycles. The van der Waals surface area contributed by atoms with Gasteiger partial charge in [-0.3, -0.25) is 19.2 Å². The van der Waals surface area contributed by atoms with Crippen molar-refractivity contribution >= 4 is 52.3 Å². The van der Waals surface area contributed by atoms with E-state index >= 15 is 0 Å². The van der Waals surface area contributed by atoms with E-state index in [1.807, 2.05) is 99.9 Å². The fraction of sp³-hybridized carbons (Fsp3) is 0.589. The predicted molar refractivity (Wildman–Crippen MR) is 288 cm³/mol. The van der Waals surface area contributed by atoms with Crippen LogP contribution in [0.15, 0.2) is 60.2 Å². The maximum Gasteiger partial charge on any atom is 0.246 e. The molecule has 74 heavy (non-hydrogen) atoms. The Morgan fingerprint density at radius 2 is 1.58 bits per heavy atom. The second kappa shape index (κ2) is 29.5. The van der Waals surface area contributed by atoms with Crippen LogP contribution in [0.25, 0.3) is 10.4 Å². The molecule has 2 saturated carbocycles. The minimum Gasteiger partial charge on any atom is -0.493 e. The fourth-order valence-electron chi connectivity index (χ4n) is 9.08. The molecule has 18 heteroatoms. The van der Waals surface area contributed by atoms with Crippen molar-refractivity contribution in [2.45, 2.75) is 124 Å². The summed E-state index contributed by atoms with van der Waals surface area (Å²) in [6, 6.07) is 14.8. The zero-order chi connectivity index (χ0) is 52.9. The lowest BCUT2D eigenvalue weighted by atomic mass is 9.77. The molecule has 0 spiro atoms. The van der Waals surface area contributed by atoms with Gasteiger partial charge in [-0.05, 0) is 93.4 Å². The van der Waals surface area contributed by atoms with Crippen LogP contribution in [0, 0.1) is 30.1 Å². The number of ether oxygens (including phenoxy) is 4. The third-order valence-corrected chi connectivity index (χ3v) is 14.6. The molecule has 2 aromatic heterocycles. The molecule has 3 amide bonds. The molecule has 2 aliphatic carbocycles. The topological polar surface area (TPSA) is 215 Å². The number of ketones is 1. The summed E-state index contributed by atoms with van der Waals surface area (Å²) in [5.74, 6) is 0.106. The standard InChI is InChI=1S/C56H80N8O9S/c1-7-40-35-59-55(63-52(40)57-23-12-24-64(6)54(69)42-15-10-16-42)61-43-17-11-18-45(31-43)73-30-14-28-71-26-9-8-25-70-27-13-29-72-36-48(66)62-51(56(3,4)5)49(67)46-32-44(65)33-47(46)53(68)58-34-39-19-21-41(22-20-39)50-38(2)60-37-74-50/h11,17-22,31,35,37,42,44,46-47,51,65H,7-10,12-16,23-30,32-34,36H2,1-6H3,(H,58,68)(H,62,66)(H2,57,59,61,63)/t44-,46?,47+,51?/m0/s1. The summed E-state index contributed by atoms with van der Waals surface area (Å²) in [6.07, 6.45) is 9.30. The second-order valence-corrected chi connectivity index (χ2v) is 21.4. The van der Waals surface area contributed by atoms with Gasteiger partial charge in [0.1, 0.15) is 18.2 Å². The summed E-state index contributed by atoms with van der Waals surface area (Å²) in [7, 11) is 1.89. The Morgan fingerprint density at radius 1 is 0.878 bits per heavy atom. The highest BCUT2D eigenvalue weighted by Gasteiger charge is 2.46. The van der Waals surface area contributed by atoms with Gasteiger partial charge in [0.05, 0.1) is 40.8 Å². The Hall–Kier alpha value is -5.53. The van der Waals surface area contributed by atoms with Crippen molar-refractivity contribution in [2.24, 2.45) is 23.2 Å². The maximum atomic E-state index is 14.0. The third kappa shape index (κ3) is 18.1. The van der Waals surface area contributed by atoms with E-state index in [0.29, 0.717) is 71.6 Å². The summed E-state index contributed by atoms with van der Waals surface area (Å²) < 4.78 is 23.2. The van der Waals surface area contributed by atoms with E-state index in [1.165, 1.54) is 0 Å². The molecule has 0 radical (unpaired) electrons. The Balaban J connectivity index is 0.779. The number of unbranched alkanes of at least 4 members (excludes halogenated alkanes) is 1. The monoisotopic (exact) mass is 1040 g/mol. The van der Waals surface area contributed by atoms with Crippen LogP contribution in [0.4, 0.5) is 17.5 Å². The Bertz CT molecular complexity index is 2390. The van der Waals surface area contributed by atoms with E-state index in [2.05, 4.69) is 38.2 Å². The Morgan fingerprint density at radius 3 is 2.26 bits per heavy atom. The van der Waals surface area contributed by atoms with E-state index in [9.17, 15) is 24.3 Å². The number of carbonyl (C=O) groups excluding carboxylic acids is 4. The van der Waals surface area contributed by atoms with Crippen LogP contribution in [0.2, 0.25) is 0 Å². The number of thiazole rings is 1. The number of aliphatic hydroxyl groups excluding tert-OH is 1. The summed E-state index contributed by atoms with van der Waals surface area (Å²) in [5.41, 5.74) is 5.99. The summed E-state index contributed by atoms with van der Waals surface area (Å²) in [4.78, 5) is 69.5. The van der Waals surface area contributed by atoms with Gasteiger partial charge in [0, 0.05) is 101 Å². The van der Waals surface area contributed by atoms with E-state index in [1.54, 1.807) is 11.3 Å². The first-order valence-corrected chi connectivity index (χ1v) is 27.4. The number of hydrogen-bond donors (Lipinski definition) is 5. The first-order chi connectivity index (χ1) is 35.7. The molecule has 404 valence electrons. The van der Waals surface area contributed by atoms with Crippen LogP contribution < -0.4 is 26.0 Å². The molecule has 2 aromatic carbocycles. The Kier molecular flexibility index (Phi) is 23.0. The lowest BCUT2D eigenvalue weighted by Gasteiger charge is -2.33. The quantitative estimate of drug-likeness (QED) is 0.0293. The molecule has 2 aliphatic rings. The third-order valence-electron chi connectivity index (χ3n) is 13.6. The molecule has 2 unspecified atom stereocenters. The molecule has 6 rings (SSSR count). The zero-order valence-corrected chi connectivity index (χ0v) is 45.2. The van der Waals surface area contributed by atoms with Crippen molar-refractivity contribution in [3.8, 4) is 16.2 Å². The molecule has 2 heterocycles. The minimum absolute atomic E-state index is 0.163. The van der Waals surface area contributed by atoms with Crippen molar-refractivity contribution in [2.75, 3.05) is 77.0 Å². The number of Topliss-reactive ketones (excluding diaryl/α,β-unsaturated/α-hetero) is 1. The summed E-state index contributed by atoms with van der Waals surface area (Å²) in [6.45, 7) is 14.3. The van der Waals surface area contributed by atoms with Gasteiger partial charge in [-0.1, -0.05) is 64.4 Å². The molecule has 0 saturated heterocycles. The van der Waals surface area contributed by atoms with Gasteiger partial charge in [0.25, 0.3) is 0 Å². The predicted octanol–water partition coefficient (Wildman–Crippen LogP) is 8.07. The normalized spacial score (nSPS) is 17.0. The minimum atomic E-state index is -0.867. The summed E-state index contributed by atoms with van der Waals surface area (Å²) >= 11 is 1.58. The van der Waals surface area contributed by atoms with Crippen molar-refractivity contribution in [1.29, 1.82) is 0 Å². The van der Waals surface area contributed by atoms with E-state index in [4.69, 9.17) is 23.9 Å². The lowest BCUT2D eigenvalue weighted by Crippen LogP contribution is -2.53. The Labute approximate surface area is 441 Å².